The molecule has 3 amide bonds. The Morgan fingerprint density at radius 2 is 1.63 bits per heavy atom. The van der Waals surface area contributed by atoms with Crippen LogP contribution in [-0.2, 0) is 9.59 Å². The second-order valence-electron chi connectivity index (χ2n) is 6.94. The van der Waals surface area contributed by atoms with Gasteiger partial charge in [0, 0.05) is 24.3 Å². The minimum atomic E-state index is -0.674. The summed E-state index contributed by atoms with van der Waals surface area (Å²) in [5.74, 6) is -1.37. The van der Waals surface area contributed by atoms with Crippen LogP contribution < -0.4 is 10.2 Å². The molecule has 0 unspecified atom stereocenters. The fraction of sp³-hybridized carbons (Fsp3) is 0.190. The molecule has 0 saturated carbocycles. The average molecular weight is 465 g/mol. The smallest absolute Gasteiger partial charge is 0.283 e. The molecule has 2 aromatic rings. The molecule has 0 atom stereocenters. The summed E-state index contributed by atoms with van der Waals surface area (Å²) < 4.78 is 0. The molecule has 2 heterocycles. The number of nitrogens with zero attached hydrogens (tertiary/aromatic N) is 2. The van der Waals surface area contributed by atoms with Gasteiger partial charge < -0.3 is 10.2 Å². The van der Waals surface area contributed by atoms with E-state index in [2.05, 4.69) is 5.32 Å². The number of nitrogens with one attached hydrogen (secondary N) is 1. The van der Waals surface area contributed by atoms with E-state index < -0.39 is 11.8 Å². The number of carbonyl (C=O) groups excluding carboxylic acids is 3. The number of hydrogen-bond acceptors (Lipinski definition) is 4. The molecule has 4 rings (SSSR count). The molecule has 0 radical (unpaired) electrons. The molecule has 1 fully saturated rings. The Kier molecular flexibility index (Phi) is 5.73. The van der Waals surface area contributed by atoms with Crippen LogP contribution in [0, 0.1) is 0 Å². The lowest BCUT2D eigenvalue weighted by molar-refractivity contribution is -0.120. The first-order valence-electron chi connectivity index (χ1n) is 9.27. The Balaban J connectivity index is 1.58. The molecule has 2 aromatic carbocycles. The second-order valence-corrected chi connectivity index (χ2v) is 8.13. The molecule has 154 valence electrons. The van der Waals surface area contributed by atoms with Crippen LogP contribution >= 0.6 is 34.8 Å². The van der Waals surface area contributed by atoms with Gasteiger partial charge in [-0.3, -0.25) is 14.4 Å². The Hall–Kier alpha value is -2.54. The summed E-state index contributed by atoms with van der Waals surface area (Å²) >= 11 is 18.1. The van der Waals surface area contributed by atoms with Crippen molar-refractivity contribution < 1.29 is 14.4 Å². The number of amides is 3. The van der Waals surface area contributed by atoms with Gasteiger partial charge >= 0.3 is 0 Å². The summed E-state index contributed by atoms with van der Waals surface area (Å²) in [6.45, 7) is 1.47. The van der Waals surface area contributed by atoms with E-state index >= 15 is 0 Å². The molecule has 9 heteroatoms. The van der Waals surface area contributed by atoms with Gasteiger partial charge in [0.2, 0.25) is 0 Å². The lowest BCUT2D eigenvalue weighted by Gasteiger charge is -2.17. The first-order valence-corrected chi connectivity index (χ1v) is 10.4. The normalized spacial score (nSPS) is 16.6. The Labute approximate surface area is 188 Å². The fourth-order valence-corrected chi connectivity index (χ4v) is 3.95. The van der Waals surface area contributed by atoms with Gasteiger partial charge in [-0.25, -0.2) is 4.90 Å². The first-order chi connectivity index (χ1) is 14.4. The maximum atomic E-state index is 12.9. The van der Waals surface area contributed by atoms with E-state index in [0.29, 0.717) is 16.3 Å². The maximum absolute atomic E-state index is 12.9. The van der Waals surface area contributed by atoms with Crippen LogP contribution in [0.4, 0.5) is 11.4 Å². The monoisotopic (exact) mass is 463 g/mol. The zero-order valence-electron chi connectivity index (χ0n) is 15.6. The van der Waals surface area contributed by atoms with E-state index in [0.717, 1.165) is 30.8 Å². The third-order valence-corrected chi connectivity index (χ3v) is 6.05. The molecule has 0 bridgehead atoms. The maximum Gasteiger partial charge on any atom is 0.283 e. The summed E-state index contributed by atoms with van der Waals surface area (Å²) in [6, 6.07) is 11.2. The van der Waals surface area contributed by atoms with E-state index in [1.165, 1.54) is 18.2 Å². The highest BCUT2D eigenvalue weighted by atomic mass is 35.5. The number of halogens is 3. The summed E-state index contributed by atoms with van der Waals surface area (Å²) in [5, 5.41) is 3.15. The van der Waals surface area contributed by atoms with Gasteiger partial charge in [0.25, 0.3) is 17.7 Å². The van der Waals surface area contributed by atoms with Crippen LogP contribution in [0.3, 0.4) is 0 Å². The van der Waals surface area contributed by atoms with Gasteiger partial charge in [0.05, 0.1) is 15.7 Å². The van der Waals surface area contributed by atoms with Crippen LogP contribution in [0.5, 0.6) is 0 Å². The van der Waals surface area contributed by atoms with E-state index in [-0.39, 0.29) is 27.3 Å². The largest absolute Gasteiger partial charge is 0.350 e. The number of benzene rings is 2. The van der Waals surface area contributed by atoms with Crippen molar-refractivity contribution in [1.29, 1.82) is 0 Å². The van der Waals surface area contributed by atoms with Crippen molar-refractivity contribution >= 4 is 63.9 Å². The van der Waals surface area contributed by atoms with E-state index in [1.54, 1.807) is 29.2 Å². The summed E-state index contributed by atoms with van der Waals surface area (Å²) in [7, 11) is 0. The van der Waals surface area contributed by atoms with Crippen molar-refractivity contribution in [2.75, 3.05) is 23.3 Å². The number of rotatable bonds is 4. The zero-order valence-corrected chi connectivity index (χ0v) is 17.9. The standard InChI is InChI=1S/C21H16Cl3N3O3/c22-15-7-6-14(11-16(15)23)27-20(29)17(24)18(21(27)30)25-13-5-3-4-12(10-13)19(28)26-8-1-2-9-26/h3-7,10-11,25H,1-2,8-9H2. The Morgan fingerprint density at radius 3 is 2.33 bits per heavy atom. The molecule has 0 aromatic heterocycles. The second kappa shape index (κ2) is 8.30. The molecular formula is C21H16Cl3N3O3. The predicted octanol–water partition coefficient (Wildman–Crippen LogP) is 4.67. The Morgan fingerprint density at radius 1 is 0.900 bits per heavy atom. The number of carbonyl (C=O) groups is 3. The first kappa shape index (κ1) is 20.7. The van der Waals surface area contributed by atoms with Crippen LogP contribution in [-0.4, -0.2) is 35.7 Å². The SMILES string of the molecule is O=C(c1cccc(NC2=C(Cl)C(=O)N(c3ccc(Cl)c(Cl)c3)C2=O)c1)N1CCCC1. The number of anilines is 2. The third kappa shape index (κ3) is 3.78. The molecule has 2 aliphatic rings. The molecule has 30 heavy (non-hydrogen) atoms. The van der Waals surface area contributed by atoms with Crippen molar-refractivity contribution in [3.8, 4) is 0 Å². The van der Waals surface area contributed by atoms with Crippen molar-refractivity contribution in [2.45, 2.75) is 12.8 Å². The predicted molar refractivity (Wildman–Crippen MR) is 117 cm³/mol. The van der Waals surface area contributed by atoms with Crippen molar-refractivity contribution in [1.82, 2.24) is 4.90 Å². The molecular weight excluding hydrogens is 449 g/mol. The zero-order chi connectivity index (χ0) is 21.4. The van der Waals surface area contributed by atoms with Gasteiger partial charge in [-0.1, -0.05) is 40.9 Å². The summed E-state index contributed by atoms with van der Waals surface area (Å²) in [6.07, 6.45) is 1.99. The van der Waals surface area contributed by atoms with E-state index in [1.807, 2.05) is 0 Å². The van der Waals surface area contributed by atoms with Gasteiger partial charge in [-0.15, -0.1) is 0 Å². The minimum absolute atomic E-state index is 0.0671. The van der Waals surface area contributed by atoms with Gasteiger partial charge in [0.1, 0.15) is 10.7 Å². The highest BCUT2D eigenvalue weighted by Gasteiger charge is 2.39. The number of imide groups is 1. The average Bonchev–Trinajstić information content (AvgIpc) is 3.34. The van der Waals surface area contributed by atoms with Crippen molar-refractivity contribution in [3.63, 3.8) is 0 Å². The van der Waals surface area contributed by atoms with Crippen LogP contribution in [0.15, 0.2) is 53.2 Å². The quantitative estimate of drug-likeness (QED) is 0.668. The van der Waals surface area contributed by atoms with Gasteiger partial charge in [-0.05, 0) is 49.2 Å². The minimum Gasteiger partial charge on any atom is -0.350 e. The molecule has 6 nitrogen and oxygen atoms in total. The summed E-state index contributed by atoms with van der Waals surface area (Å²) in [5.41, 5.74) is 1.16. The number of likely N-dealkylation sites (tertiary alicyclic amines) is 1. The fourth-order valence-electron chi connectivity index (χ4n) is 3.45. The molecule has 1 saturated heterocycles. The highest BCUT2D eigenvalue weighted by molar-refractivity contribution is 6.53. The topological polar surface area (TPSA) is 69.7 Å². The molecule has 2 aliphatic heterocycles. The molecule has 0 spiro atoms. The van der Waals surface area contributed by atoms with Crippen molar-refractivity contribution in [2.24, 2.45) is 0 Å². The van der Waals surface area contributed by atoms with Crippen LogP contribution in [0.2, 0.25) is 10.0 Å². The Bertz CT molecular complexity index is 1090. The third-order valence-electron chi connectivity index (χ3n) is 4.96. The lowest BCUT2D eigenvalue weighted by Crippen LogP contribution is -2.32. The van der Waals surface area contributed by atoms with Gasteiger partial charge in [-0.2, -0.15) is 0 Å². The van der Waals surface area contributed by atoms with E-state index in [9.17, 15) is 14.4 Å². The molecule has 1 N–H and O–H groups in total. The van der Waals surface area contributed by atoms with Gasteiger partial charge in [0.15, 0.2) is 0 Å². The molecule has 0 aliphatic carbocycles. The number of hydrogen-bond donors (Lipinski definition) is 1. The lowest BCUT2D eigenvalue weighted by atomic mass is 10.1. The van der Waals surface area contributed by atoms with Crippen LogP contribution in [0.25, 0.3) is 0 Å². The highest BCUT2D eigenvalue weighted by Crippen LogP contribution is 2.33. The van der Waals surface area contributed by atoms with E-state index in [4.69, 9.17) is 34.8 Å². The summed E-state index contributed by atoms with van der Waals surface area (Å²) in [4.78, 5) is 40.8. The van der Waals surface area contributed by atoms with Crippen molar-refractivity contribution in [3.05, 3.63) is 68.8 Å². The van der Waals surface area contributed by atoms with Crippen LogP contribution in [0.1, 0.15) is 23.2 Å².